The van der Waals surface area contributed by atoms with Crippen molar-refractivity contribution in [2.45, 2.75) is 38.3 Å². The first-order chi connectivity index (χ1) is 11.6. The second kappa shape index (κ2) is 9.17. The van der Waals surface area contributed by atoms with Crippen molar-refractivity contribution < 1.29 is 14.3 Å². The molecule has 0 bridgehead atoms. The van der Waals surface area contributed by atoms with Gasteiger partial charge in [0.2, 0.25) is 11.8 Å². The van der Waals surface area contributed by atoms with Crippen LogP contribution >= 0.6 is 12.4 Å². The lowest BCUT2D eigenvalue weighted by Crippen LogP contribution is -2.44. The van der Waals surface area contributed by atoms with Crippen LogP contribution in [0.25, 0.3) is 0 Å². The van der Waals surface area contributed by atoms with E-state index in [9.17, 15) is 9.59 Å². The highest BCUT2D eigenvalue weighted by atomic mass is 35.5. The Labute approximate surface area is 154 Å². The molecule has 1 saturated carbocycles. The molecule has 138 valence electrons. The van der Waals surface area contributed by atoms with Crippen LogP contribution in [0.4, 0.5) is 5.69 Å². The number of amides is 2. The Morgan fingerprint density at radius 1 is 1.28 bits per heavy atom. The van der Waals surface area contributed by atoms with E-state index >= 15 is 0 Å². The first kappa shape index (κ1) is 19.7. The standard InChI is InChI=1S/C18H25N3O3.ClH/c1-12(20-17(22)10-16-11-24-9-8-19-16)13-4-6-15(7-5-13)21-18(23)14-2-3-14;/h4-7,12,14,16,19H,2-3,8-11H2,1H3,(H,20,22)(H,21,23);1H. The summed E-state index contributed by atoms with van der Waals surface area (Å²) in [4.78, 5) is 23.9. The quantitative estimate of drug-likeness (QED) is 0.718. The van der Waals surface area contributed by atoms with Crippen molar-refractivity contribution in [3.63, 3.8) is 0 Å². The molecular formula is C18H26ClN3O3. The largest absolute Gasteiger partial charge is 0.378 e. The van der Waals surface area contributed by atoms with Gasteiger partial charge in [0, 0.05) is 30.6 Å². The van der Waals surface area contributed by atoms with E-state index in [0.717, 1.165) is 30.6 Å². The molecule has 1 saturated heterocycles. The fraction of sp³-hybridized carbons (Fsp3) is 0.556. The zero-order valence-electron chi connectivity index (χ0n) is 14.4. The number of halogens is 1. The van der Waals surface area contributed by atoms with Crippen molar-refractivity contribution in [1.82, 2.24) is 10.6 Å². The molecule has 1 aromatic rings. The zero-order chi connectivity index (χ0) is 16.9. The average Bonchev–Trinajstić information content (AvgIpc) is 3.41. The van der Waals surface area contributed by atoms with Gasteiger partial charge in [-0.3, -0.25) is 9.59 Å². The third-order valence-corrected chi connectivity index (χ3v) is 4.43. The summed E-state index contributed by atoms with van der Waals surface area (Å²) in [6, 6.07) is 7.66. The van der Waals surface area contributed by atoms with Gasteiger partial charge in [-0.1, -0.05) is 12.1 Å². The summed E-state index contributed by atoms with van der Waals surface area (Å²) in [5.74, 6) is 0.308. The topological polar surface area (TPSA) is 79.5 Å². The molecule has 7 heteroatoms. The Morgan fingerprint density at radius 2 is 2.00 bits per heavy atom. The van der Waals surface area contributed by atoms with Crippen LogP contribution in [-0.2, 0) is 14.3 Å². The third kappa shape index (κ3) is 5.99. The SMILES string of the molecule is CC(NC(=O)CC1COCCN1)c1ccc(NC(=O)C2CC2)cc1.Cl. The van der Waals surface area contributed by atoms with E-state index < -0.39 is 0 Å². The monoisotopic (exact) mass is 367 g/mol. The minimum absolute atomic E-state index is 0. The van der Waals surface area contributed by atoms with E-state index in [-0.39, 0.29) is 42.2 Å². The van der Waals surface area contributed by atoms with Gasteiger partial charge in [0.25, 0.3) is 0 Å². The maximum Gasteiger partial charge on any atom is 0.227 e. The minimum Gasteiger partial charge on any atom is -0.378 e. The molecule has 2 fully saturated rings. The van der Waals surface area contributed by atoms with Crippen LogP contribution in [0.5, 0.6) is 0 Å². The summed E-state index contributed by atoms with van der Waals surface area (Å²) in [7, 11) is 0. The second-order valence-electron chi connectivity index (χ2n) is 6.60. The number of rotatable bonds is 6. The highest BCUT2D eigenvalue weighted by Gasteiger charge is 2.29. The molecule has 1 aromatic carbocycles. The van der Waals surface area contributed by atoms with Gasteiger partial charge in [0.05, 0.1) is 19.3 Å². The lowest BCUT2D eigenvalue weighted by Gasteiger charge is -2.24. The molecule has 0 radical (unpaired) electrons. The van der Waals surface area contributed by atoms with Crippen molar-refractivity contribution in [3.05, 3.63) is 29.8 Å². The highest BCUT2D eigenvalue weighted by Crippen LogP contribution is 2.30. The normalized spacial score (nSPS) is 20.9. The molecule has 3 N–H and O–H groups in total. The average molecular weight is 368 g/mol. The van der Waals surface area contributed by atoms with E-state index in [1.807, 2.05) is 31.2 Å². The zero-order valence-corrected chi connectivity index (χ0v) is 15.2. The van der Waals surface area contributed by atoms with Crippen LogP contribution in [-0.4, -0.2) is 37.6 Å². The van der Waals surface area contributed by atoms with E-state index in [4.69, 9.17) is 4.74 Å². The van der Waals surface area contributed by atoms with Crippen LogP contribution in [0.2, 0.25) is 0 Å². The predicted molar refractivity (Wildman–Crippen MR) is 98.8 cm³/mol. The molecule has 3 rings (SSSR count). The number of nitrogens with one attached hydrogen (secondary N) is 3. The first-order valence-electron chi connectivity index (χ1n) is 8.63. The maximum atomic E-state index is 12.1. The van der Waals surface area contributed by atoms with Gasteiger partial charge in [-0.15, -0.1) is 12.4 Å². The molecule has 1 aliphatic heterocycles. The Bertz CT molecular complexity index is 584. The van der Waals surface area contributed by atoms with Gasteiger partial charge < -0.3 is 20.7 Å². The summed E-state index contributed by atoms with van der Waals surface area (Å²) < 4.78 is 5.36. The van der Waals surface area contributed by atoms with E-state index in [1.54, 1.807) is 0 Å². The lowest BCUT2D eigenvalue weighted by molar-refractivity contribution is -0.123. The van der Waals surface area contributed by atoms with Crippen molar-refractivity contribution >= 4 is 29.9 Å². The van der Waals surface area contributed by atoms with Gasteiger partial charge >= 0.3 is 0 Å². The smallest absolute Gasteiger partial charge is 0.227 e. The molecule has 2 atom stereocenters. The molecule has 1 heterocycles. The summed E-state index contributed by atoms with van der Waals surface area (Å²) in [5, 5.41) is 9.20. The Morgan fingerprint density at radius 3 is 2.60 bits per heavy atom. The number of hydrogen-bond acceptors (Lipinski definition) is 4. The van der Waals surface area contributed by atoms with Crippen LogP contribution in [0.15, 0.2) is 24.3 Å². The number of benzene rings is 1. The number of hydrogen-bond donors (Lipinski definition) is 3. The van der Waals surface area contributed by atoms with Crippen molar-refractivity contribution in [2.75, 3.05) is 25.1 Å². The van der Waals surface area contributed by atoms with Crippen LogP contribution in [0.3, 0.4) is 0 Å². The highest BCUT2D eigenvalue weighted by molar-refractivity contribution is 5.94. The number of carbonyl (C=O) groups excluding carboxylic acids is 2. The van der Waals surface area contributed by atoms with Crippen molar-refractivity contribution in [2.24, 2.45) is 5.92 Å². The minimum atomic E-state index is -0.0739. The fourth-order valence-electron chi connectivity index (χ4n) is 2.80. The molecule has 1 aliphatic carbocycles. The van der Waals surface area contributed by atoms with E-state index in [2.05, 4.69) is 16.0 Å². The number of ether oxygens (including phenoxy) is 1. The molecule has 2 unspecified atom stereocenters. The molecule has 0 aromatic heterocycles. The second-order valence-corrected chi connectivity index (χ2v) is 6.60. The third-order valence-electron chi connectivity index (χ3n) is 4.43. The van der Waals surface area contributed by atoms with Crippen molar-refractivity contribution in [1.29, 1.82) is 0 Å². The molecule has 2 aliphatic rings. The van der Waals surface area contributed by atoms with Gasteiger partial charge in [0.15, 0.2) is 0 Å². The Balaban J connectivity index is 0.00000225. The van der Waals surface area contributed by atoms with E-state index in [0.29, 0.717) is 19.6 Å². The molecule has 6 nitrogen and oxygen atoms in total. The first-order valence-corrected chi connectivity index (χ1v) is 8.63. The molecule has 25 heavy (non-hydrogen) atoms. The number of anilines is 1. The Kier molecular flexibility index (Phi) is 7.23. The summed E-state index contributed by atoms with van der Waals surface area (Å²) in [5.41, 5.74) is 1.82. The predicted octanol–water partition coefficient (Wildman–Crippen LogP) is 2.01. The van der Waals surface area contributed by atoms with Crippen LogP contribution < -0.4 is 16.0 Å². The van der Waals surface area contributed by atoms with Gasteiger partial charge in [-0.05, 0) is 37.5 Å². The number of morpholine rings is 1. The van der Waals surface area contributed by atoms with Gasteiger partial charge in [-0.2, -0.15) is 0 Å². The van der Waals surface area contributed by atoms with Crippen LogP contribution in [0, 0.1) is 5.92 Å². The summed E-state index contributed by atoms with van der Waals surface area (Å²) in [6.45, 7) is 4.04. The molecular weight excluding hydrogens is 342 g/mol. The van der Waals surface area contributed by atoms with E-state index in [1.165, 1.54) is 0 Å². The fourth-order valence-corrected chi connectivity index (χ4v) is 2.80. The van der Waals surface area contributed by atoms with Crippen molar-refractivity contribution in [3.8, 4) is 0 Å². The van der Waals surface area contributed by atoms with Gasteiger partial charge in [0.1, 0.15) is 0 Å². The van der Waals surface area contributed by atoms with Gasteiger partial charge in [-0.25, -0.2) is 0 Å². The number of carbonyl (C=O) groups is 2. The summed E-state index contributed by atoms with van der Waals surface area (Å²) >= 11 is 0. The maximum absolute atomic E-state index is 12.1. The van der Waals surface area contributed by atoms with Crippen LogP contribution in [0.1, 0.15) is 37.8 Å². The summed E-state index contributed by atoms with van der Waals surface area (Å²) in [6.07, 6.45) is 2.40. The lowest BCUT2D eigenvalue weighted by atomic mass is 10.1. The molecule has 0 spiro atoms. The molecule has 2 amide bonds. The Hall–Kier alpha value is -1.63.